The third-order valence-corrected chi connectivity index (χ3v) is 3.61. The summed E-state index contributed by atoms with van der Waals surface area (Å²) in [5.41, 5.74) is -0.649. The van der Waals surface area contributed by atoms with Gasteiger partial charge in [-0.3, -0.25) is 9.59 Å². The van der Waals surface area contributed by atoms with E-state index in [1.165, 1.54) is 0 Å². The number of esters is 2. The average molecular weight is 338 g/mol. The summed E-state index contributed by atoms with van der Waals surface area (Å²) in [5.74, 6) is -1.06. The first kappa shape index (κ1) is 19.0. The Morgan fingerprint density at radius 3 is 2.30 bits per heavy atom. The zero-order chi connectivity index (χ0) is 17.3. The zero-order valence-electron chi connectivity index (χ0n) is 13.3. The zero-order valence-corrected chi connectivity index (χ0v) is 14.1. The van der Waals surface area contributed by atoms with Gasteiger partial charge in [0.2, 0.25) is 0 Å². The van der Waals surface area contributed by atoms with Gasteiger partial charge in [0.1, 0.15) is 0 Å². The van der Waals surface area contributed by atoms with Crippen molar-refractivity contribution in [3.8, 4) is 6.07 Å². The highest BCUT2D eigenvalue weighted by molar-refractivity contribution is 6.30. The van der Waals surface area contributed by atoms with Gasteiger partial charge >= 0.3 is 11.9 Å². The van der Waals surface area contributed by atoms with Crippen molar-refractivity contribution in [2.45, 2.75) is 33.1 Å². The minimum Gasteiger partial charge on any atom is -0.466 e. The van der Waals surface area contributed by atoms with Crippen molar-refractivity contribution in [2.24, 2.45) is 5.41 Å². The van der Waals surface area contributed by atoms with Crippen LogP contribution >= 0.6 is 11.6 Å². The standard InChI is InChI=1S/C17H20ClNO4/c1-3-22-15(20)9-10-17(12-19,16(21)23-4-2)11-13-5-7-14(18)8-6-13/h5-8H,3-4,9-11H2,1-2H3. The lowest BCUT2D eigenvalue weighted by atomic mass is 9.79. The predicted molar refractivity (Wildman–Crippen MR) is 85.7 cm³/mol. The van der Waals surface area contributed by atoms with E-state index in [-0.39, 0.29) is 32.5 Å². The third-order valence-electron chi connectivity index (χ3n) is 3.36. The van der Waals surface area contributed by atoms with E-state index < -0.39 is 17.4 Å². The van der Waals surface area contributed by atoms with Crippen LogP contribution in [0.15, 0.2) is 24.3 Å². The van der Waals surface area contributed by atoms with Gasteiger partial charge in [-0.15, -0.1) is 0 Å². The maximum Gasteiger partial charge on any atom is 0.326 e. The molecule has 0 amide bonds. The van der Waals surface area contributed by atoms with Crippen LogP contribution in [-0.4, -0.2) is 25.2 Å². The molecule has 6 heteroatoms. The topological polar surface area (TPSA) is 76.4 Å². The van der Waals surface area contributed by atoms with Crippen LogP contribution in [0.2, 0.25) is 5.02 Å². The van der Waals surface area contributed by atoms with Gasteiger partial charge in [-0.25, -0.2) is 0 Å². The summed E-state index contributed by atoms with van der Waals surface area (Å²) in [5, 5.41) is 10.2. The van der Waals surface area contributed by atoms with E-state index in [0.29, 0.717) is 5.02 Å². The molecule has 5 nitrogen and oxygen atoms in total. The molecule has 0 aliphatic heterocycles. The summed E-state index contributed by atoms with van der Waals surface area (Å²) in [6, 6.07) is 8.92. The Kier molecular flexibility index (Phi) is 7.56. The van der Waals surface area contributed by atoms with Gasteiger partial charge in [-0.2, -0.15) is 5.26 Å². The second kappa shape index (κ2) is 9.16. The van der Waals surface area contributed by atoms with E-state index in [4.69, 9.17) is 21.1 Å². The summed E-state index contributed by atoms with van der Waals surface area (Å²) in [4.78, 5) is 23.9. The Morgan fingerprint density at radius 2 is 1.78 bits per heavy atom. The highest BCUT2D eigenvalue weighted by Gasteiger charge is 2.41. The summed E-state index contributed by atoms with van der Waals surface area (Å²) >= 11 is 5.85. The van der Waals surface area contributed by atoms with Crippen LogP contribution in [0.3, 0.4) is 0 Å². The van der Waals surface area contributed by atoms with Gasteiger partial charge in [0.25, 0.3) is 0 Å². The highest BCUT2D eigenvalue weighted by Crippen LogP contribution is 2.31. The molecule has 0 bridgehead atoms. The molecule has 1 aromatic rings. The number of carbonyl (C=O) groups is 2. The Hall–Kier alpha value is -2.06. The van der Waals surface area contributed by atoms with E-state index in [2.05, 4.69) is 0 Å². The summed E-state index contributed by atoms with van der Waals surface area (Å²) in [6.07, 6.45) is 0.177. The van der Waals surface area contributed by atoms with Crippen LogP contribution in [0.4, 0.5) is 0 Å². The maximum absolute atomic E-state index is 12.3. The monoisotopic (exact) mass is 337 g/mol. The molecule has 0 saturated carbocycles. The second-order valence-electron chi connectivity index (χ2n) is 5.02. The lowest BCUT2D eigenvalue weighted by Gasteiger charge is -2.24. The fourth-order valence-corrected chi connectivity index (χ4v) is 2.30. The molecule has 23 heavy (non-hydrogen) atoms. The largest absolute Gasteiger partial charge is 0.466 e. The first-order valence-electron chi connectivity index (χ1n) is 7.46. The lowest BCUT2D eigenvalue weighted by Crippen LogP contribution is -2.34. The molecule has 0 aliphatic rings. The SMILES string of the molecule is CCOC(=O)CCC(C#N)(Cc1ccc(Cl)cc1)C(=O)OCC. The molecule has 0 N–H and O–H groups in total. The Labute approximate surface area is 141 Å². The van der Waals surface area contributed by atoms with Gasteiger partial charge < -0.3 is 9.47 Å². The van der Waals surface area contributed by atoms with Crippen molar-refractivity contribution in [3.05, 3.63) is 34.9 Å². The highest BCUT2D eigenvalue weighted by atomic mass is 35.5. The first-order valence-corrected chi connectivity index (χ1v) is 7.83. The molecule has 1 atom stereocenters. The normalized spacial score (nSPS) is 12.8. The van der Waals surface area contributed by atoms with Crippen molar-refractivity contribution in [3.63, 3.8) is 0 Å². The minimum atomic E-state index is -1.42. The van der Waals surface area contributed by atoms with Crippen LogP contribution in [0.1, 0.15) is 32.3 Å². The number of hydrogen-bond donors (Lipinski definition) is 0. The molecule has 0 heterocycles. The number of carbonyl (C=O) groups excluding carboxylic acids is 2. The van der Waals surface area contributed by atoms with Crippen LogP contribution in [-0.2, 0) is 25.5 Å². The quantitative estimate of drug-likeness (QED) is 0.680. The second-order valence-corrected chi connectivity index (χ2v) is 5.46. The molecule has 1 aromatic carbocycles. The predicted octanol–water partition coefficient (Wildman–Crippen LogP) is 3.30. The molecule has 0 aromatic heterocycles. The van der Waals surface area contributed by atoms with Crippen molar-refractivity contribution in [1.82, 2.24) is 0 Å². The number of nitriles is 1. The number of nitrogens with zero attached hydrogens (tertiary/aromatic N) is 1. The molecule has 0 saturated heterocycles. The first-order chi connectivity index (χ1) is 11.0. The molecule has 0 aliphatic carbocycles. The van der Waals surface area contributed by atoms with Crippen molar-refractivity contribution in [1.29, 1.82) is 5.26 Å². The third kappa shape index (κ3) is 5.57. The summed E-state index contributed by atoms with van der Waals surface area (Å²) in [7, 11) is 0. The molecular formula is C17H20ClNO4. The van der Waals surface area contributed by atoms with Crippen LogP contribution in [0.25, 0.3) is 0 Å². The number of hydrogen-bond acceptors (Lipinski definition) is 5. The average Bonchev–Trinajstić information content (AvgIpc) is 2.54. The molecule has 124 valence electrons. The Balaban J connectivity index is 2.98. The van der Waals surface area contributed by atoms with Gasteiger partial charge in [0.05, 0.1) is 19.3 Å². The number of rotatable bonds is 8. The van der Waals surface area contributed by atoms with E-state index in [0.717, 1.165) is 5.56 Å². The van der Waals surface area contributed by atoms with Gasteiger partial charge in [0, 0.05) is 17.9 Å². The van der Waals surface area contributed by atoms with Gasteiger partial charge in [-0.1, -0.05) is 23.7 Å². The molecule has 1 unspecified atom stereocenters. The molecule has 1 rings (SSSR count). The Morgan fingerprint density at radius 1 is 1.17 bits per heavy atom. The van der Waals surface area contributed by atoms with Gasteiger partial charge in [0.15, 0.2) is 5.41 Å². The lowest BCUT2D eigenvalue weighted by molar-refractivity contribution is -0.153. The van der Waals surface area contributed by atoms with E-state index in [9.17, 15) is 14.9 Å². The maximum atomic E-state index is 12.3. The van der Waals surface area contributed by atoms with Crippen molar-refractivity contribution in [2.75, 3.05) is 13.2 Å². The number of ether oxygens (including phenoxy) is 2. The fourth-order valence-electron chi connectivity index (χ4n) is 2.17. The molecular weight excluding hydrogens is 318 g/mol. The molecule has 0 radical (unpaired) electrons. The van der Waals surface area contributed by atoms with E-state index in [1.807, 2.05) is 6.07 Å². The van der Waals surface area contributed by atoms with Crippen molar-refractivity contribution >= 4 is 23.5 Å². The van der Waals surface area contributed by atoms with Crippen LogP contribution in [0.5, 0.6) is 0 Å². The van der Waals surface area contributed by atoms with Gasteiger partial charge in [-0.05, 0) is 38.0 Å². The summed E-state index contributed by atoms with van der Waals surface area (Å²) < 4.78 is 9.92. The number of halogens is 1. The molecule has 0 spiro atoms. The van der Waals surface area contributed by atoms with Crippen LogP contribution < -0.4 is 0 Å². The molecule has 0 fully saturated rings. The Bertz CT molecular complexity index is 579. The van der Waals surface area contributed by atoms with Crippen LogP contribution in [0, 0.1) is 16.7 Å². The minimum absolute atomic E-state index is 0.0200. The fraction of sp³-hybridized carbons (Fsp3) is 0.471. The smallest absolute Gasteiger partial charge is 0.326 e. The van der Waals surface area contributed by atoms with E-state index >= 15 is 0 Å². The van der Waals surface area contributed by atoms with E-state index in [1.54, 1.807) is 38.1 Å². The van der Waals surface area contributed by atoms with Crippen molar-refractivity contribution < 1.29 is 19.1 Å². The summed E-state index contributed by atoms with van der Waals surface area (Å²) in [6.45, 7) is 3.80. The number of benzene rings is 1.